The SMILES string of the molecule is Nc1ccc(F)cc1SCC1(O)CCNCC1. The molecule has 2 rings (SSSR count). The molecule has 0 unspecified atom stereocenters. The molecule has 0 saturated carbocycles. The van der Waals surface area contributed by atoms with Gasteiger partial charge in [-0.1, -0.05) is 0 Å². The van der Waals surface area contributed by atoms with Gasteiger partial charge in [-0.05, 0) is 44.1 Å². The second-order valence-electron chi connectivity index (χ2n) is 4.45. The van der Waals surface area contributed by atoms with Crippen LogP contribution in [0.25, 0.3) is 0 Å². The summed E-state index contributed by atoms with van der Waals surface area (Å²) in [5.74, 6) is 0.265. The Hall–Kier alpha value is -0.780. The average molecular weight is 256 g/mol. The van der Waals surface area contributed by atoms with E-state index < -0.39 is 5.60 Å². The number of piperidine rings is 1. The largest absolute Gasteiger partial charge is 0.398 e. The van der Waals surface area contributed by atoms with Crippen molar-refractivity contribution in [2.45, 2.75) is 23.3 Å². The van der Waals surface area contributed by atoms with Gasteiger partial charge in [-0.3, -0.25) is 0 Å². The van der Waals surface area contributed by atoms with Crippen molar-refractivity contribution in [3.8, 4) is 0 Å². The smallest absolute Gasteiger partial charge is 0.124 e. The van der Waals surface area contributed by atoms with Crippen LogP contribution in [0.3, 0.4) is 0 Å². The van der Waals surface area contributed by atoms with E-state index in [4.69, 9.17) is 5.73 Å². The highest BCUT2D eigenvalue weighted by Crippen LogP contribution is 2.31. The van der Waals surface area contributed by atoms with E-state index in [0.29, 0.717) is 16.3 Å². The third-order valence-electron chi connectivity index (χ3n) is 3.01. The highest BCUT2D eigenvalue weighted by molar-refractivity contribution is 7.99. The van der Waals surface area contributed by atoms with Gasteiger partial charge in [0.1, 0.15) is 5.82 Å². The zero-order chi connectivity index (χ0) is 12.3. The standard InChI is InChI=1S/C12H17FN2OS/c13-9-1-2-10(14)11(7-9)17-8-12(16)3-5-15-6-4-12/h1-2,7,15-16H,3-6,8,14H2. The van der Waals surface area contributed by atoms with E-state index in [-0.39, 0.29) is 5.82 Å². The van der Waals surface area contributed by atoms with Crippen molar-refractivity contribution < 1.29 is 9.50 Å². The minimum Gasteiger partial charge on any atom is -0.398 e. The zero-order valence-corrected chi connectivity index (χ0v) is 10.4. The number of anilines is 1. The lowest BCUT2D eigenvalue weighted by atomic mass is 9.95. The summed E-state index contributed by atoms with van der Waals surface area (Å²) in [6.07, 6.45) is 1.46. The minimum absolute atomic E-state index is 0.293. The highest BCUT2D eigenvalue weighted by Gasteiger charge is 2.29. The summed E-state index contributed by atoms with van der Waals surface area (Å²) in [5.41, 5.74) is 5.67. The van der Waals surface area contributed by atoms with Gasteiger partial charge in [-0.15, -0.1) is 11.8 Å². The molecule has 0 radical (unpaired) electrons. The van der Waals surface area contributed by atoms with E-state index in [0.717, 1.165) is 25.9 Å². The van der Waals surface area contributed by atoms with Crippen LogP contribution >= 0.6 is 11.8 Å². The number of nitrogens with one attached hydrogen (secondary N) is 1. The molecule has 1 aromatic rings. The summed E-state index contributed by atoms with van der Waals surface area (Å²) in [6, 6.07) is 4.33. The molecule has 0 bridgehead atoms. The molecule has 1 heterocycles. The third kappa shape index (κ3) is 3.34. The molecule has 1 aliphatic heterocycles. The average Bonchev–Trinajstić information content (AvgIpc) is 2.31. The first kappa shape index (κ1) is 12.7. The molecule has 4 N–H and O–H groups in total. The predicted octanol–water partition coefficient (Wildman–Crippen LogP) is 1.61. The monoisotopic (exact) mass is 256 g/mol. The fourth-order valence-corrected chi connectivity index (χ4v) is 3.03. The maximum Gasteiger partial charge on any atom is 0.124 e. The first-order valence-electron chi connectivity index (χ1n) is 5.70. The zero-order valence-electron chi connectivity index (χ0n) is 9.58. The Labute approximate surface area is 105 Å². The number of hydrogen-bond acceptors (Lipinski definition) is 4. The second-order valence-corrected chi connectivity index (χ2v) is 5.46. The third-order valence-corrected chi connectivity index (χ3v) is 4.35. The summed E-state index contributed by atoms with van der Waals surface area (Å²) in [4.78, 5) is 0.706. The van der Waals surface area contributed by atoms with E-state index in [1.807, 2.05) is 0 Å². The lowest BCUT2D eigenvalue weighted by molar-refractivity contribution is 0.0339. The van der Waals surface area contributed by atoms with E-state index in [1.165, 1.54) is 23.9 Å². The van der Waals surface area contributed by atoms with Gasteiger partial charge in [0.2, 0.25) is 0 Å². The second kappa shape index (κ2) is 5.25. The maximum absolute atomic E-state index is 13.1. The molecule has 1 saturated heterocycles. The van der Waals surface area contributed by atoms with Crippen LogP contribution < -0.4 is 11.1 Å². The van der Waals surface area contributed by atoms with E-state index in [2.05, 4.69) is 5.32 Å². The van der Waals surface area contributed by atoms with Gasteiger partial charge >= 0.3 is 0 Å². The molecule has 17 heavy (non-hydrogen) atoms. The Bertz CT molecular complexity index is 394. The van der Waals surface area contributed by atoms with Crippen LogP contribution in [0.15, 0.2) is 23.1 Å². The quantitative estimate of drug-likeness (QED) is 0.568. The highest BCUT2D eigenvalue weighted by atomic mass is 32.2. The molecule has 5 heteroatoms. The number of aliphatic hydroxyl groups is 1. The van der Waals surface area contributed by atoms with E-state index in [1.54, 1.807) is 6.07 Å². The molecule has 94 valence electrons. The Morgan fingerprint density at radius 2 is 2.12 bits per heavy atom. The Morgan fingerprint density at radius 3 is 2.82 bits per heavy atom. The van der Waals surface area contributed by atoms with Crippen molar-refractivity contribution >= 4 is 17.4 Å². The van der Waals surface area contributed by atoms with Gasteiger partial charge in [0.25, 0.3) is 0 Å². The van der Waals surface area contributed by atoms with Crippen LogP contribution in [0.4, 0.5) is 10.1 Å². The Morgan fingerprint density at radius 1 is 1.41 bits per heavy atom. The van der Waals surface area contributed by atoms with Crippen LogP contribution in [0, 0.1) is 5.82 Å². The Kier molecular flexibility index (Phi) is 3.91. The van der Waals surface area contributed by atoms with E-state index >= 15 is 0 Å². The van der Waals surface area contributed by atoms with Gasteiger partial charge in [0.15, 0.2) is 0 Å². The van der Waals surface area contributed by atoms with Gasteiger partial charge < -0.3 is 16.2 Å². The predicted molar refractivity (Wildman–Crippen MR) is 68.6 cm³/mol. The van der Waals surface area contributed by atoms with Crippen LogP contribution in [0.1, 0.15) is 12.8 Å². The summed E-state index contributed by atoms with van der Waals surface area (Å²) in [7, 11) is 0. The first-order valence-corrected chi connectivity index (χ1v) is 6.69. The molecular formula is C12H17FN2OS. The van der Waals surface area contributed by atoms with Crippen LogP contribution in [0.2, 0.25) is 0 Å². The molecule has 0 amide bonds. The molecule has 0 spiro atoms. The summed E-state index contributed by atoms with van der Waals surface area (Å²) in [6.45, 7) is 1.66. The topological polar surface area (TPSA) is 58.3 Å². The van der Waals surface area contributed by atoms with E-state index in [9.17, 15) is 9.50 Å². The van der Waals surface area contributed by atoms with Crippen molar-refractivity contribution in [1.82, 2.24) is 5.32 Å². The molecule has 0 atom stereocenters. The van der Waals surface area contributed by atoms with Crippen molar-refractivity contribution in [3.05, 3.63) is 24.0 Å². The summed E-state index contributed by atoms with van der Waals surface area (Å²) < 4.78 is 13.1. The Balaban J connectivity index is 1.99. The molecule has 3 nitrogen and oxygen atoms in total. The van der Waals surface area contributed by atoms with Gasteiger partial charge in [-0.2, -0.15) is 0 Å². The number of hydrogen-bond donors (Lipinski definition) is 3. The molecule has 1 aromatic carbocycles. The fraction of sp³-hybridized carbons (Fsp3) is 0.500. The van der Waals surface area contributed by atoms with Crippen molar-refractivity contribution in [1.29, 1.82) is 0 Å². The molecule has 1 fully saturated rings. The number of benzene rings is 1. The van der Waals surface area contributed by atoms with Crippen molar-refractivity contribution in [3.63, 3.8) is 0 Å². The first-order chi connectivity index (χ1) is 8.09. The molecular weight excluding hydrogens is 239 g/mol. The normalized spacial score (nSPS) is 19.2. The minimum atomic E-state index is -0.658. The molecule has 0 aromatic heterocycles. The number of thioether (sulfide) groups is 1. The molecule has 0 aliphatic carbocycles. The number of nitrogens with two attached hydrogens (primary N) is 1. The van der Waals surface area contributed by atoms with Crippen molar-refractivity contribution in [2.75, 3.05) is 24.6 Å². The van der Waals surface area contributed by atoms with Gasteiger partial charge in [-0.25, -0.2) is 4.39 Å². The lowest BCUT2D eigenvalue weighted by Gasteiger charge is -2.32. The van der Waals surface area contributed by atoms with Gasteiger partial charge in [0.05, 0.1) is 5.60 Å². The number of nitrogen functional groups attached to an aromatic ring is 1. The summed E-state index contributed by atoms with van der Waals surface area (Å²) in [5, 5.41) is 13.5. The van der Waals surface area contributed by atoms with Crippen LogP contribution in [0.5, 0.6) is 0 Å². The number of rotatable bonds is 3. The lowest BCUT2D eigenvalue weighted by Crippen LogP contribution is -2.43. The molecule has 1 aliphatic rings. The number of halogens is 1. The van der Waals surface area contributed by atoms with Crippen LogP contribution in [-0.2, 0) is 0 Å². The van der Waals surface area contributed by atoms with Gasteiger partial charge in [0, 0.05) is 16.3 Å². The van der Waals surface area contributed by atoms with Crippen molar-refractivity contribution in [2.24, 2.45) is 0 Å². The fourth-order valence-electron chi connectivity index (χ4n) is 1.88. The van der Waals surface area contributed by atoms with Crippen LogP contribution in [-0.4, -0.2) is 29.5 Å². The maximum atomic E-state index is 13.1. The summed E-state index contributed by atoms with van der Waals surface area (Å²) >= 11 is 1.42.